The van der Waals surface area contributed by atoms with Crippen LogP contribution in [0.3, 0.4) is 0 Å². The van der Waals surface area contributed by atoms with Gasteiger partial charge in [0, 0.05) is 38.1 Å². The molecular formula is C16H26N4O2. The second kappa shape index (κ2) is 6.01. The first kappa shape index (κ1) is 15.5. The van der Waals surface area contributed by atoms with Crippen molar-refractivity contribution < 1.29 is 9.47 Å². The average Bonchev–Trinajstić information content (AvgIpc) is 2.52. The number of methoxy groups -OCH3 is 1. The molecule has 22 heavy (non-hydrogen) atoms. The first-order valence-corrected chi connectivity index (χ1v) is 8.08. The minimum atomic E-state index is -0.120. The van der Waals surface area contributed by atoms with E-state index in [0.29, 0.717) is 5.95 Å². The normalized spacial score (nSPS) is 24.7. The van der Waals surface area contributed by atoms with Crippen molar-refractivity contribution in [1.82, 2.24) is 9.97 Å². The Bertz CT molecular complexity index is 541. The highest BCUT2D eigenvalue weighted by molar-refractivity contribution is 5.51. The fourth-order valence-electron chi connectivity index (χ4n) is 3.74. The number of aromatic nitrogens is 2. The van der Waals surface area contributed by atoms with Crippen molar-refractivity contribution >= 4 is 11.8 Å². The Morgan fingerprint density at radius 1 is 1.27 bits per heavy atom. The molecule has 2 N–H and O–H groups in total. The fraction of sp³-hybridized carbons (Fsp3) is 0.750. The summed E-state index contributed by atoms with van der Waals surface area (Å²) >= 11 is 0. The molecule has 6 nitrogen and oxygen atoms in total. The van der Waals surface area contributed by atoms with E-state index in [1.54, 1.807) is 7.11 Å². The SMILES string of the molecule is COC1CCCOC12CCN(c1nc(N)nc(C)c1C)CC2. The van der Waals surface area contributed by atoms with Gasteiger partial charge in [-0.25, -0.2) is 4.98 Å². The highest BCUT2D eigenvalue weighted by Gasteiger charge is 2.45. The van der Waals surface area contributed by atoms with Crippen molar-refractivity contribution in [1.29, 1.82) is 0 Å². The molecule has 0 amide bonds. The third-order valence-electron chi connectivity index (χ3n) is 5.16. The van der Waals surface area contributed by atoms with E-state index in [1.165, 1.54) is 0 Å². The quantitative estimate of drug-likeness (QED) is 0.899. The highest BCUT2D eigenvalue weighted by atomic mass is 16.5. The lowest BCUT2D eigenvalue weighted by Gasteiger charge is -2.48. The standard InChI is InChI=1S/C16H26N4O2/c1-11-12(2)18-15(17)19-14(11)20-8-6-16(7-9-20)13(21-3)5-4-10-22-16/h13H,4-10H2,1-3H3,(H2,17,18,19). The topological polar surface area (TPSA) is 73.5 Å². The summed E-state index contributed by atoms with van der Waals surface area (Å²) in [4.78, 5) is 11.0. The molecule has 3 rings (SSSR count). The van der Waals surface area contributed by atoms with E-state index in [0.717, 1.165) is 62.5 Å². The molecule has 2 aliphatic rings. The van der Waals surface area contributed by atoms with Crippen LogP contribution < -0.4 is 10.6 Å². The highest BCUT2D eigenvalue weighted by Crippen LogP contribution is 2.38. The maximum Gasteiger partial charge on any atom is 0.222 e. The number of nitrogen functional groups attached to an aromatic ring is 1. The van der Waals surface area contributed by atoms with Gasteiger partial charge in [-0.05, 0) is 39.5 Å². The third-order valence-corrected chi connectivity index (χ3v) is 5.16. The molecule has 1 aromatic heterocycles. The van der Waals surface area contributed by atoms with Crippen molar-refractivity contribution in [2.45, 2.75) is 51.2 Å². The summed E-state index contributed by atoms with van der Waals surface area (Å²) in [5.41, 5.74) is 7.76. The molecule has 0 aromatic carbocycles. The molecule has 0 saturated carbocycles. The van der Waals surface area contributed by atoms with Crippen molar-refractivity contribution in [3.63, 3.8) is 0 Å². The Hall–Kier alpha value is -1.40. The van der Waals surface area contributed by atoms with Gasteiger partial charge in [-0.3, -0.25) is 0 Å². The Morgan fingerprint density at radius 2 is 2.00 bits per heavy atom. The number of aryl methyl sites for hydroxylation is 1. The summed E-state index contributed by atoms with van der Waals surface area (Å²) in [5, 5.41) is 0. The lowest BCUT2D eigenvalue weighted by molar-refractivity contribution is -0.175. The van der Waals surface area contributed by atoms with Gasteiger partial charge < -0.3 is 20.1 Å². The van der Waals surface area contributed by atoms with Crippen LogP contribution in [0.2, 0.25) is 0 Å². The molecule has 2 fully saturated rings. The molecule has 122 valence electrons. The molecule has 0 radical (unpaired) electrons. The third kappa shape index (κ3) is 2.65. The van der Waals surface area contributed by atoms with E-state index in [-0.39, 0.29) is 11.7 Å². The van der Waals surface area contributed by atoms with Crippen LogP contribution >= 0.6 is 0 Å². The van der Waals surface area contributed by atoms with E-state index in [4.69, 9.17) is 15.2 Å². The molecule has 1 spiro atoms. The Balaban J connectivity index is 1.77. The zero-order chi connectivity index (χ0) is 15.7. The number of hydrogen-bond acceptors (Lipinski definition) is 6. The molecular weight excluding hydrogens is 280 g/mol. The van der Waals surface area contributed by atoms with Crippen molar-refractivity contribution in [3.8, 4) is 0 Å². The van der Waals surface area contributed by atoms with Gasteiger partial charge in [0.25, 0.3) is 0 Å². The van der Waals surface area contributed by atoms with Crippen molar-refractivity contribution in [2.75, 3.05) is 37.4 Å². The lowest BCUT2D eigenvalue weighted by atomic mass is 9.82. The Kier molecular flexibility index (Phi) is 4.23. The van der Waals surface area contributed by atoms with Gasteiger partial charge in [0.2, 0.25) is 5.95 Å². The number of piperidine rings is 1. The average molecular weight is 306 g/mol. The molecule has 0 aliphatic carbocycles. The number of hydrogen-bond donors (Lipinski definition) is 1. The molecule has 1 unspecified atom stereocenters. The van der Waals surface area contributed by atoms with Crippen LogP contribution in [0.1, 0.15) is 36.9 Å². The zero-order valence-electron chi connectivity index (χ0n) is 13.8. The van der Waals surface area contributed by atoms with Gasteiger partial charge in [-0.1, -0.05) is 0 Å². The monoisotopic (exact) mass is 306 g/mol. The van der Waals surface area contributed by atoms with Crippen LogP contribution in [-0.4, -0.2) is 48.5 Å². The van der Waals surface area contributed by atoms with Gasteiger partial charge >= 0.3 is 0 Å². The van der Waals surface area contributed by atoms with E-state index < -0.39 is 0 Å². The van der Waals surface area contributed by atoms with Gasteiger partial charge in [-0.15, -0.1) is 0 Å². The van der Waals surface area contributed by atoms with Crippen LogP contribution in [0.25, 0.3) is 0 Å². The summed E-state index contributed by atoms with van der Waals surface area (Å²) in [7, 11) is 1.80. The van der Waals surface area contributed by atoms with E-state index >= 15 is 0 Å². The molecule has 1 atom stereocenters. The maximum absolute atomic E-state index is 6.16. The smallest absolute Gasteiger partial charge is 0.222 e. The van der Waals surface area contributed by atoms with Gasteiger partial charge in [0.05, 0.1) is 11.7 Å². The molecule has 0 bridgehead atoms. The van der Waals surface area contributed by atoms with Crippen LogP contribution in [0.15, 0.2) is 0 Å². The number of ether oxygens (including phenoxy) is 2. The van der Waals surface area contributed by atoms with Gasteiger partial charge in [-0.2, -0.15) is 4.98 Å². The Morgan fingerprint density at radius 3 is 2.68 bits per heavy atom. The minimum Gasteiger partial charge on any atom is -0.378 e. The number of nitrogens with two attached hydrogens (primary N) is 1. The first-order chi connectivity index (χ1) is 10.6. The maximum atomic E-state index is 6.16. The zero-order valence-corrected chi connectivity index (χ0v) is 13.8. The predicted molar refractivity (Wildman–Crippen MR) is 86.1 cm³/mol. The first-order valence-electron chi connectivity index (χ1n) is 8.08. The molecule has 2 saturated heterocycles. The molecule has 3 heterocycles. The number of anilines is 2. The van der Waals surface area contributed by atoms with Crippen molar-refractivity contribution in [3.05, 3.63) is 11.3 Å². The predicted octanol–water partition coefficient (Wildman–Crippen LogP) is 1.84. The second-order valence-corrected chi connectivity index (χ2v) is 6.38. The lowest BCUT2D eigenvalue weighted by Crippen LogP contribution is -2.56. The fourth-order valence-corrected chi connectivity index (χ4v) is 3.74. The summed E-state index contributed by atoms with van der Waals surface area (Å²) < 4.78 is 11.9. The number of rotatable bonds is 2. The summed E-state index contributed by atoms with van der Waals surface area (Å²) in [5.74, 6) is 1.31. The van der Waals surface area contributed by atoms with Crippen molar-refractivity contribution in [2.24, 2.45) is 0 Å². The largest absolute Gasteiger partial charge is 0.378 e. The summed E-state index contributed by atoms with van der Waals surface area (Å²) in [6.45, 7) is 6.71. The van der Waals surface area contributed by atoms with Crippen LogP contribution in [0, 0.1) is 13.8 Å². The van der Waals surface area contributed by atoms with Crippen LogP contribution in [0.5, 0.6) is 0 Å². The molecule has 6 heteroatoms. The van der Waals surface area contributed by atoms with Gasteiger partial charge in [0.15, 0.2) is 0 Å². The van der Waals surface area contributed by atoms with Gasteiger partial charge in [0.1, 0.15) is 5.82 Å². The second-order valence-electron chi connectivity index (χ2n) is 6.38. The Labute approximate surface area is 132 Å². The van der Waals surface area contributed by atoms with E-state index in [1.807, 2.05) is 6.92 Å². The van der Waals surface area contributed by atoms with Crippen LogP contribution in [0.4, 0.5) is 11.8 Å². The number of nitrogens with zero attached hydrogens (tertiary/aromatic N) is 3. The molecule has 1 aromatic rings. The summed E-state index contributed by atoms with van der Waals surface area (Å²) in [6.07, 6.45) is 4.32. The van der Waals surface area contributed by atoms with E-state index in [9.17, 15) is 0 Å². The van der Waals surface area contributed by atoms with E-state index in [2.05, 4.69) is 21.8 Å². The summed E-state index contributed by atoms with van der Waals surface area (Å²) in [6, 6.07) is 0. The minimum absolute atomic E-state index is 0.120. The van der Waals surface area contributed by atoms with Crippen LogP contribution in [-0.2, 0) is 9.47 Å². The molecule has 2 aliphatic heterocycles.